The monoisotopic (exact) mass is 752 g/mol. The fraction of sp³-hybridized carbons (Fsp3) is 0. The summed E-state index contributed by atoms with van der Waals surface area (Å²) in [6.07, 6.45) is 0. The van der Waals surface area contributed by atoms with E-state index < -0.39 is 0 Å². The second-order valence-corrected chi connectivity index (χ2v) is 15.3. The number of fused-ring (bicyclic) bond motifs is 8. The number of hydrogen-bond donors (Lipinski definition) is 0. The fourth-order valence-corrected chi connectivity index (χ4v) is 9.19. The second kappa shape index (κ2) is 13.4. The van der Waals surface area contributed by atoms with Crippen molar-refractivity contribution < 1.29 is 4.42 Å². The van der Waals surface area contributed by atoms with Crippen molar-refractivity contribution in [2.75, 3.05) is 4.90 Å². The van der Waals surface area contributed by atoms with Gasteiger partial charge < -0.3 is 13.9 Å². The number of rotatable bonds is 6. The Morgan fingerprint density at radius 1 is 0.322 bits per heavy atom. The number of para-hydroxylation sites is 2. The van der Waals surface area contributed by atoms with Gasteiger partial charge in [-0.15, -0.1) is 0 Å². The molecule has 2 aromatic heterocycles. The zero-order valence-corrected chi connectivity index (χ0v) is 32.1. The summed E-state index contributed by atoms with van der Waals surface area (Å²) < 4.78 is 8.69. The Labute approximate surface area is 341 Å². The maximum absolute atomic E-state index is 6.26. The molecule has 0 bridgehead atoms. The first-order valence-corrected chi connectivity index (χ1v) is 20.2. The summed E-state index contributed by atoms with van der Waals surface area (Å²) in [6.45, 7) is 0. The molecule has 10 aromatic carbocycles. The SMILES string of the molecule is c1ccc2c(-c3ccc(N(c4ccc(-c5ccc6c(c5)oc5ccccc56)cc4)c4ccc5c(c4)c4ccccc4n5-c4cccc5ccccc45)cc3)cccc2c1. The number of aromatic nitrogens is 1. The van der Waals surface area contributed by atoms with Gasteiger partial charge in [0, 0.05) is 44.0 Å². The Kier molecular flexibility index (Phi) is 7.54. The van der Waals surface area contributed by atoms with Crippen LogP contribution in [0.2, 0.25) is 0 Å². The van der Waals surface area contributed by atoms with Crippen LogP contribution in [-0.2, 0) is 0 Å². The van der Waals surface area contributed by atoms with Gasteiger partial charge in [-0.2, -0.15) is 0 Å². The molecule has 0 aliphatic rings. The molecule has 59 heavy (non-hydrogen) atoms. The van der Waals surface area contributed by atoms with Gasteiger partial charge in [-0.05, 0) is 111 Å². The third-order valence-corrected chi connectivity index (χ3v) is 12.0. The first-order chi connectivity index (χ1) is 29.2. The summed E-state index contributed by atoms with van der Waals surface area (Å²) in [7, 11) is 0. The molecule has 0 aliphatic carbocycles. The zero-order valence-electron chi connectivity index (χ0n) is 32.1. The molecule has 0 saturated carbocycles. The normalized spacial score (nSPS) is 11.7. The molecule has 0 unspecified atom stereocenters. The molecule has 12 aromatic rings. The number of anilines is 3. The minimum absolute atomic E-state index is 0.900. The van der Waals surface area contributed by atoms with Gasteiger partial charge >= 0.3 is 0 Å². The van der Waals surface area contributed by atoms with Gasteiger partial charge in [-0.3, -0.25) is 0 Å². The lowest BCUT2D eigenvalue weighted by Crippen LogP contribution is -2.10. The van der Waals surface area contributed by atoms with E-state index in [4.69, 9.17) is 4.42 Å². The van der Waals surface area contributed by atoms with E-state index in [2.05, 4.69) is 216 Å². The lowest BCUT2D eigenvalue weighted by atomic mass is 9.98. The highest BCUT2D eigenvalue weighted by atomic mass is 16.3. The first-order valence-electron chi connectivity index (χ1n) is 20.2. The average molecular weight is 753 g/mol. The Bertz CT molecular complexity index is 3540. The van der Waals surface area contributed by atoms with Crippen LogP contribution in [0.1, 0.15) is 0 Å². The van der Waals surface area contributed by atoms with Crippen LogP contribution in [0.15, 0.2) is 223 Å². The van der Waals surface area contributed by atoms with Crippen molar-refractivity contribution in [2.24, 2.45) is 0 Å². The summed E-state index contributed by atoms with van der Waals surface area (Å²) in [4.78, 5) is 2.38. The predicted octanol–water partition coefficient (Wildman–Crippen LogP) is 15.8. The highest BCUT2D eigenvalue weighted by Crippen LogP contribution is 2.42. The van der Waals surface area contributed by atoms with Gasteiger partial charge in [0.25, 0.3) is 0 Å². The lowest BCUT2D eigenvalue weighted by Gasteiger charge is -2.26. The van der Waals surface area contributed by atoms with E-state index in [0.29, 0.717) is 0 Å². The van der Waals surface area contributed by atoms with Crippen molar-refractivity contribution in [3.8, 4) is 27.9 Å². The standard InChI is InChI=1S/C56H36N2O/c1-3-15-45-38(11-1)13-9-19-46(45)40-25-30-43(31-26-40)57(42-28-23-37(24-29-42)41-27-33-50-49-18-6-8-22-55(49)59-56(50)35-41)44-32-34-54-51(36-44)48-17-5-7-20-53(48)58(54)52-21-10-14-39-12-2-4-16-47(39)52/h1-36H. The number of hydrogen-bond acceptors (Lipinski definition) is 2. The number of furan rings is 1. The molecule has 0 N–H and O–H groups in total. The van der Waals surface area contributed by atoms with E-state index in [9.17, 15) is 0 Å². The third kappa shape index (κ3) is 5.44. The quantitative estimate of drug-likeness (QED) is 0.169. The smallest absolute Gasteiger partial charge is 0.136 e. The average Bonchev–Trinajstić information content (AvgIpc) is 3.84. The van der Waals surface area contributed by atoms with Crippen LogP contribution in [0.5, 0.6) is 0 Å². The second-order valence-electron chi connectivity index (χ2n) is 15.3. The summed E-state index contributed by atoms with van der Waals surface area (Å²) in [6, 6.07) is 78.8. The molecule has 0 fully saturated rings. The van der Waals surface area contributed by atoms with Gasteiger partial charge in [-0.25, -0.2) is 0 Å². The first kappa shape index (κ1) is 33.3. The molecular weight excluding hydrogens is 717 g/mol. The molecule has 0 spiro atoms. The summed E-state index contributed by atoms with van der Waals surface area (Å²) in [5, 5.41) is 9.66. The highest BCUT2D eigenvalue weighted by molar-refractivity contribution is 6.12. The van der Waals surface area contributed by atoms with Gasteiger partial charge in [0.05, 0.1) is 16.7 Å². The summed E-state index contributed by atoms with van der Waals surface area (Å²) in [5.41, 5.74) is 13.3. The molecule has 3 heteroatoms. The minimum atomic E-state index is 0.900. The van der Waals surface area contributed by atoms with Crippen LogP contribution in [0.25, 0.3) is 93.2 Å². The van der Waals surface area contributed by atoms with Crippen LogP contribution in [-0.4, -0.2) is 4.57 Å². The number of benzene rings is 10. The van der Waals surface area contributed by atoms with E-state index >= 15 is 0 Å². The Hall–Kier alpha value is -7.88. The van der Waals surface area contributed by atoms with Crippen LogP contribution in [0, 0.1) is 0 Å². The molecule has 3 nitrogen and oxygen atoms in total. The fourth-order valence-electron chi connectivity index (χ4n) is 9.19. The largest absolute Gasteiger partial charge is 0.456 e. The molecule has 0 amide bonds. The van der Waals surface area contributed by atoms with Crippen molar-refractivity contribution >= 4 is 82.4 Å². The van der Waals surface area contributed by atoms with Crippen molar-refractivity contribution in [2.45, 2.75) is 0 Å². The van der Waals surface area contributed by atoms with Crippen LogP contribution in [0.4, 0.5) is 17.1 Å². The molecule has 2 heterocycles. The maximum atomic E-state index is 6.26. The Morgan fingerprint density at radius 2 is 0.881 bits per heavy atom. The zero-order chi connectivity index (χ0) is 38.9. The van der Waals surface area contributed by atoms with Crippen molar-refractivity contribution in [1.82, 2.24) is 4.57 Å². The minimum Gasteiger partial charge on any atom is -0.456 e. The molecule has 0 saturated heterocycles. The van der Waals surface area contributed by atoms with Crippen LogP contribution in [0.3, 0.4) is 0 Å². The molecule has 276 valence electrons. The number of nitrogens with zero attached hydrogens (tertiary/aromatic N) is 2. The van der Waals surface area contributed by atoms with Crippen molar-refractivity contribution in [1.29, 1.82) is 0 Å². The van der Waals surface area contributed by atoms with E-state index in [1.807, 2.05) is 12.1 Å². The van der Waals surface area contributed by atoms with Gasteiger partial charge in [-0.1, -0.05) is 146 Å². The molecule has 12 rings (SSSR count). The van der Waals surface area contributed by atoms with Gasteiger partial charge in [0.2, 0.25) is 0 Å². The summed E-state index contributed by atoms with van der Waals surface area (Å²) in [5.74, 6) is 0. The van der Waals surface area contributed by atoms with E-state index in [-0.39, 0.29) is 0 Å². The van der Waals surface area contributed by atoms with E-state index in [0.717, 1.165) is 50.1 Å². The van der Waals surface area contributed by atoms with Crippen LogP contribution < -0.4 is 4.90 Å². The van der Waals surface area contributed by atoms with Crippen molar-refractivity contribution in [3.63, 3.8) is 0 Å². The van der Waals surface area contributed by atoms with Crippen molar-refractivity contribution in [3.05, 3.63) is 218 Å². The molecule has 0 radical (unpaired) electrons. The molecular formula is C56H36N2O. The Balaban J connectivity index is 1.01. The molecule has 0 aliphatic heterocycles. The van der Waals surface area contributed by atoms with E-state index in [1.54, 1.807) is 0 Å². The summed E-state index contributed by atoms with van der Waals surface area (Å²) >= 11 is 0. The topological polar surface area (TPSA) is 21.3 Å². The lowest BCUT2D eigenvalue weighted by molar-refractivity contribution is 0.669. The Morgan fingerprint density at radius 3 is 1.68 bits per heavy atom. The highest BCUT2D eigenvalue weighted by Gasteiger charge is 2.19. The maximum Gasteiger partial charge on any atom is 0.136 e. The predicted molar refractivity (Wildman–Crippen MR) is 249 cm³/mol. The molecule has 0 atom stereocenters. The van der Waals surface area contributed by atoms with Crippen LogP contribution >= 0.6 is 0 Å². The van der Waals surface area contributed by atoms with Gasteiger partial charge in [0.1, 0.15) is 11.2 Å². The van der Waals surface area contributed by atoms with E-state index in [1.165, 1.54) is 60.2 Å². The van der Waals surface area contributed by atoms with Gasteiger partial charge in [0.15, 0.2) is 0 Å². The third-order valence-electron chi connectivity index (χ3n) is 12.0.